The van der Waals surface area contributed by atoms with E-state index >= 15 is 0 Å². The Morgan fingerprint density at radius 1 is 1.15 bits per heavy atom. The molecule has 1 atom stereocenters. The first-order chi connectivity index (χ1) is 16.1. The Balaban J connectivity index is 1.66. The van der Waals surface area contributed by atoms with Gasteiger partial charge in [-0.3, -0.25) is 9.69 Å². The number of hydrogen-bond acceptors (Lipinski definition) is 5. The van der Waals surface area contributed by atoms with Gasteiger partial charge in [-0.2, -0.15) is 0 Å². The fourth-order valence-corrected chi connectivity index (χ4v) is 5.64. The quantitative estimate of drug-likeness (QED) is 0.612. The molecule has 0 radical (unpaired) electrons. The van der Waals surface area contributed by atoms with Gasteiger partial charge in [-0.1, -0.05) is 35.3 Å². The summed E-state index contributed by atoms with van der Waals surface area (Å²) >= 11 is 13.0. The number of nitrogens with one attached hydrogen (secondary N) is 1. The molecule has 11 heteroatoms. The van der Waals surface area contributed by atoms with Crippen molar-refractivity contribution in [1.29, 1.82) is 0 Å². The third-order valence-corrected chi connectivity index (χ3v) is 7.57. The number of sulfone groups is 1. The van der Waals surface area contributed by atoms with Crippen LogP contribution in [0.2, 0.25) is 10.0 Å². The summed E-state index contributed by atoms with van der Waals surface area (Å²) in [6, 6.07) is 6.34. The van der Waals surface area contributed by atoms with E-state index in [2.05, 4.69) is 5.32 Å². The molecule has 2 aliphatic rings. The molecule has 4 rings (SSSR count). The molecule has 2 amide bonds. The molecule has 0 fully saturated rings. The number of nitrogens with zero attached hydrogens (tertiary/aromatic N) is 1. The van der Waals surface area contributed by atoms with Crippen LogP contribution < -0.4 is 5.32 Å². The molecule has 2 N–H and O–H groups in total. The van der Waals surface area contributed by atoms with Gasteiger partial charge in [0.2, 0.25) is 0 Å². The summed E-state index contributed by atoms with van der Waals surface area (Å²) in [4.78, 5) is 26.3. The molecule has 0 aromatic heterocycles. The number of fused-ring (bicyclic) bond motifs is 1. The molecular formula is C23H22Cl2N2O6S. The van der Waals surface area contributed by atoms with Gasteiger partial charge in [-0.15, -0.1) is 0 Å². The van der Waals surface area contributed by atoms with Gasteiger partial charge >= 0.3 is 6.09 Å². The summed E-state index contributed by atoms with van der Waals surface area (Å²) in [5.74, 6) is -0.597. The van der Waals surface area contributed by atoms with Crippen molar-refractivity contribution in [3.63, 3.8) is 0 Å². The topological polar surface area (TPSA) is 113 Å². The predicted molar refractivity (Wildman–Crippen MR) is 129 cm³/mol. The minimum Gasteiger partial charge on any atom is -0.465 e. The number of carboxylic acid groups (broad SMARTS) is 1. The van der Waals surface area contributed by atoms with Gasteiger partial charge < -0.3 is 15.2 Å². The van der Waals surface area contributed by atoms with Crippen molar-refractivity contribution in [2.24, 2.45) is 0 Å². The minimum atomic E-state index is -3.45. The lowest BCUT2D eigenvalue weighted by Crippen LogP contribution is -2.44. The van der Waals surface area contributed by atoms with E-state index in [0.29, 0.717) is 58.5 Å². The summed E-state index contributed by atoms with van der Waals surface area (Å²) in [5.41, 5.74) is 2.99. The molecule has 180 valence electrons. The zero-order valence-corrected chi connectivity index (χ0v) is 20.5. The highest BCUT2D eigenvalue weighted by molar-refractivity contribution is 7.90. The highest BCUT2D eigenvalue weighted by atomic mass is 35.5. The number of amides is 2. The predicted octanol–water partition coefficient (Wildman–Crippen LogP) is 4.42. The third-order valence-electron chi connectivity index (χ3n) is 5.86. The summed E-state index contributed by atoms with van der Waals surface area (Å²) in [7, 11) is -3.45. The summed E-state index contributed by atoms with van der Waals surface area (Å²) in [6.07, 6.45) is 2.70. The Hall–Kier alpha value is -2.59. The lowest BCUT2D eigenvalue weighted by atomic mass is 9.92. The second-order valence-electron chi connectivity index (χ2n) is 8.12. The Morgan fingerprint density at radius 3 is 2.44 bits per heavy atom. The van der Waals surface area contributed by atoms with Crippen LogP contribution in [0.3, 0.4) is 0 Å². The molecule has 0 bridgehead atoms. The van der Waals surface area contributed by atoms with Crippen molar-refractivity contribution < 1.29 is 27.9 Å². The average molecular weight is 525 g/mol. The number of carbonyl (C=O) groups excluding carboxylic acids is 1. The number of carbonyl (C=O) groups is 2. The summed E-state index contributed by atoms with van der Waals surface area (Å²) in [6.45, 7) is 1.07. The second-order valence-corrected chi connectivity index (χ2v) is 10.9. The maximum Gasteiger partial charge on any atom is 0.408 e. The Bertz CT molecular complexity index is 1290. The third kappa shape index (κ3) is 4.93. The molecular weight excluding hydrogens is 503 g/mol. The molecule has 8 nitrogen and oxygen atoms in total. The van der Waals surface area contributed by atoms with Crippen molar-refractivity contribution in [3.05, 3.63) is 63.1 Å². The molecule has 0 saturated heterocycles. The first-order valence-corrected chi connectivity index (χ1v) is 13.1. The molecule has 0 saturated carbocycles. The largest absolute Gasteiger partial charge is 0.465 e. The van der Waals surface area contributed by atoms with Gasteiger partial charge in [0.25, 0.3) is 5.91 Å². The SMILES string of the molecule is CS(=O)(=O)c1ccc2c(c1)CCN(C(=O)O)C2C(=O)Nc1cc(Cl)c(C2=CCOCC2)c(Cl)c1. The number of halogens is 2. The first kappa shape index (κ1) is 24.5. The first-order valence-electron chi connectivity index (χ1n) is 10.5. The van der Waals surface area contributed by atoms with Gasteiger partial charge in [0.1, 0.15) is 6.04 Å². The second kappa shape index (κ2) is 9.58. The van der Waals surface area contributed by atoms with Crippen molar-refractivity contribution in [2.75, 3.05) is 31.3 Å². The van der Waals surface area contributed by atoms with Crippen molar-refractivity contribution in [2.45, 2.75) is 23.8 Å². The molecule has 1 unspecified atom stereocenters. The molecule has 2 aliphatic heterocycles. The van der Waals surface area contributed by atoms with Crippen LogP contribution in [0.25, 0.3) is 5.57 Å². The van der Waals surface area contributed by atoms with Crippen LogP contribution >= 0.6 is 23.2 Å². The van der Waals surface area contributed by atoms with E-state index in [-0.39, 0.29) is 11.4 Å². The van der Waals surface area contributed by atoms with Gasteiger partial charge in [-0.25, -0.2) is 13.2 Å². The van der Waals surface area contributed by atoms with Crippen molar-refractivity contribution >= 4 is 56.3 Å². The number of hydrogen-bond donors (Lipinski definition) is 2. The van der Waals surface area contributed by atoms with Crippen LogP contribution in [-0.2, 0) is 25.8 Å². The molecule has 0 spiro atoms. The molecule has 2 heterocycles. The highest BCUT2D eigenvalue weighted by Crippen LogP contribution is 2.38. The maximum atomic E-state index is 13.3. The van der Waals surface area contributed by atoms with E-state index in [4.69, 9.17) is 27.9 Å². The Morgan fingerprint density at radius 2 is 1.85 bits per heavy atom. The van der Waals surface area contributed by atoms with E-state index in [9.17, 15) is 23.1 Å². The van der Waals surface area contributed by atoms with Crippen LogP contribution in [0.4, 0.5) is 10.5 Å². The zero-order chi connectivity index (χ0) is 24.6. The van der Waals surface area contributed by atoms with E-state index in [1.54, 1.807) is 12.1 Å². The summed E-state index contributed by atoms with van der Waals surface area (Å²) in [5, 5.41) is 13.1. The smallest absolute Gasteiger partial charge is 0.408 e. The number of anilines is 1. The van der Waals surface area contributed by atoms with E-state index < -0.39 is 27.9 Å². The van der Waals surface area contributed by atoms with Crippen molar-refractivity contribution in [3.8, 4) is 0 Å². The zero-order valence-electron chi connectivity index (χ0n) is 18.2. The minimum absolute atomic E-state index is 0.0459. The van der Waals surface area contributed by atoms with Gasteiger partial charge in [0, 0.05) is 24.1 Å². The Labute approximate surface area is 207 Å². The molecule has 2 aromatic carbocycles. The van der Waals surface area contributed by atoms with Gasteiger partial charge in [0.05, 0.1) is 28.2 Å². The van der Waals surface area contributed by atoms with Crippen LogP contribution in [0, 0.1) is 0 Å². The standard InChI is InChI=1S/C23H22Cl2N2O6S/c1-34(31,32)16-2-3-17-14(10-16)4-7-27(23(29)30)21(17)22(28)26-15-11-18(24)20(19(25)12-15)13-5-8-33-9-6-13/h2-3,5,10-12,21H,4,6-9H2,1H3,(H,26,28)(H,29,30). The van der Waals surface area contributed by atoms with Crippen molar-refractivity contribution in [1.82, 2.24) is 4.90 Å². The van der Waals surface area contributed by atoms with Crippen LogP contribution in [0.15, 0.2) is 41.3 Å². The average Bonchev–Trinajstić information content (AvgIpc) is 2.77. The van der Waals surface area contributed by atoms with Crippen LogP contribution in [0.5, 0.6) is 0 Å². The van der Waals surface area contributed by atoms with E-state index in [1.807, 2.05) is 6.08 Å². The lowest BCUT2D eigenvalue weighted by molar-refractivity contribution is -0.121. The van der Waals surface area contributed by atoms with E-state index in [1.165, 1.54) is 18.2 Å². The normalized spacial score (nSPS) is 18.1. The lowest BCUT2D eigenvalue weighted by Gasteiger charge is -2.34. The van der Waals surface area contributed by atoms with Gasteiger partial charge in [0.15, 0.2) is 9.84 Å². The monoisotopic (exact) mass is 524 g/mol. The number of benzene rings is 2. The summed E-state index contributed by atoms with van der Waals surface area (Å²) < 4.78 is 29.2. The van der Waals surface area contributed by atoms with E-state index in [0.717, 1.165) is 16.7 Å². The molecule has 34 heavy (non-hydrogen) atoms. The maximum absolute atomic E-state index is 13.3. The van der Waals surface area contributed by atoms with Gasteiger partial charge in [-0.05, 0) is 53.8 Å². The van der Waals surface area contributed by atoms with Crippen LogP contribution in [0.1, 0.15) is 29.2 Å². The fraction of sp³-hybridized carbons (Fsp3) is 0.304. The fourth-order valence-electron chi connectivity index (χ4n) is 4.24. The molecule has 0 aliphatic carbocycles. The number of rotatable bonds is 4. The number of ether oxygens (including phenoxy) is 1. The highest BCUT2D eigenvalue weighted by Gasteiger charge is 2.36. The van der Waals surface area contributed by atoms with Crippen LogP contribution in [-0.4, -0.2) is 56.4 Å². The molecule has 2 aromatic rings. The Kier molecular flexibility index (Phi) is 6.91.